The highest BCUT2D eigenvalue weighted by molar-refractivity contribution is 5.74. The molecule has 1 aliphatic heterocycles. The largest absolute Gasteiger partial charge is 0.360 e. The van der Waals surface area contributed by atoms with E-state index in [1.54, 1.807) is 0 Å². The minimum absolute atomic E-state index is 0.474. The number of benzene rings is 1. The van der Waals surface area contributed by atoms with Crippen LogP contribution in [-0.4, -0.2) is 19.4 Å². The molecule has 0 unspecified atom stereocenters. The van der Waals surface area contributed by atoms with E-state index in [1.807, 2.05) is 18.2 Å². The molecule has 13 heavy (non-hydrogen) atoms. The van der Waals surface area contributed by atoms with Crippen LogP contribution in [0.4, 0.5) is 5.69 Å². The number of para-hydroxylation sites is 1. The first-order valence-electron chi connectivity index (χ1n) is 4.36. The molecule has 0 aromatic heterocycles. The van der Waals surface area contributed by atoms with Crippen LogP contribution in [0.3, 0.4) is 0 Å². The van der Waals surface area contributed by atoms with Crippen LogP contribution in [0.5, 0.6) is 0 Å². The van der Waals surface area contributed by atoms with Gasteiger partial charge in [0.1, 0.15) is 6.29 Å². The maximum atomic E-state index is 10.4. The smallest absolute Gasteiger partial charge is 0.139 e. The van der Waals surface area contributed by atoms with Crippen molar-refractivity contribution in [2.24, 2.45) is 0 Å². The van der Waals surface area contributed by atoms with Gasteiger partial charge in [0, 0.05) is 12.2 Å². The first-order valence-corrected chi connectivity index (χ1v) is 4.36. The van der Waals surface area contributed by atoms with Gasteiger partial charge in [0.2, 0.25) is 0 Å². The summed E-state index contributed by atoms with van der Waals surface area (Å²) in [5.74, 6) is 0. The normalized spacial score (nSPS) is 14.0. The fourth-order valence-electron chi connectivity index (χ4n) is 1.58. The van der Waals surface area contributed by atoms with Crippen LogP contribution in [0, 0.1) is 0 Å². The zero-order valence-corrected chi connectivity index (χ0v) is 7.31. The van der Waals surface area contributed by atoms with Gasteiger partial charge in [0.05, 0.1) is 6.54 Å². The molecular weight excluding hydrogens is 162 g/mol. The maximum absolute atomic E-state index is 10.4. The van der Waals surface area contributed by atoms with E-state index in [0.29, 0.717) is 6.54 Å². The highest BCUT2D eigenvalue weighted by atomic mass is 16.1. The van der Waals surface area contributed by atoms with Crippen molar-refractivity contribution in [3.05, 3.63) is 35.9 Å². The number of carbonyl (C=O) groups is 1. The molecule has 1 aromatic rings. The minimum Gasteiger partial charge on any atom is -0.360 e. The van der Waals surface area contributed by atoms with Crippen LogP contribution in [0.25, 0.3) is 6.08 Å². The molecule has 0 radical (unpaired) electrons. The third-order valence-electron chi connectivity index (χ3n) is 2.20. The summed E-state index contributed by atoms with van der Waals surface area (Å²) in [5, 5.41) is 0. The summed E-state index contributed by atoms with van der Waals surface area (Å²) in [7, 11) is 0. The van der Waals surface area contributed by atoms with E-state index in [0.717, 1.165) is 18.5 Å². The maximum Gasteiger partial charge on any atom is 0.139 e. The molecule has 2 rings (SSSR count). The standard InChI is InChI=1S/C11H11NO/c13-9-8-12-7-3-5-10-4-1-2-6-11(10)12/h1-6,9H,7-8H2. The van der Waals surface area contributed by atoms with Gasteiger partial charge in [-0.2, -0.15) is 0 Å². The third kappa shape index (κ3) is 1.47. The quantitative estimate of drug-likeness (QED) is 0.635. The minimum atomic E-state index is 0.474. The average molecular weight is 173 g/mol. The van der Waals surface area contributed by atoms with Gasteiger partial charge in [-0.15, -0.1) is 0 Å². The van der Waals surface area contributed by atoms with Crippen molar-refractivity contribution in [1.29, 1.82) is 0 Å². The number of rotatable bonds is 2. The lowest BCUT2D eigenvalue weighted by atomic mass is 10.1. The summed E-state index contributed by atoms with van der Waals surface area (Å²) >= 11 is 0. The summed E-state index contributed by atoms with van der Waals surface area (Å²) in [6, 6.07) is 8.11. The Labute approximate surface area is 77.5 Å². The number of nitrogens with zero attached hydrogens (tertiary/aromatic N) is 1. The zero-order chi connectivity index (χ0) is 9.10. The molecule has 0 N–H and O–H groups in total. The SMILES string of the molecule is O=CCN1CC=Cc2ccccc21. The lowest BCUT2D eigenvalue weighted by Crippen LogP contribution is -2.27. The predicted octanol–water partition coefficient (Wildman–Crippen LogP) is 1.72. The molecule has 66 valence electrons. The molecule has 0 spiro atoms. The fourth-order valence-corrected chi connectivity index (χ4v) is 1.58. The van der Waals surface area contributed by atoms with Crippen LogP contribution in [0.1, 0.15) is 5.56 Å². The Kier molecular flexibility index (Phi) is 2.13. The highest BCUT2D eigenvalue weighted by Crippen LogP contribution is 2.24. The van der Waals surface area contributed by atoms with Gasteiger partial charge in [-0.1, -0.05) is 30.4 Å². The summed E-state index contributed by atoms with van der Waals surface area (Å²) in [5.41, 5.74) is 2.34. The second kappa shape index (κ2) is 3.44. The summed E-state index contributed by atoms with van der Waals surface area (Å²) in [4.78, 5) is 12.5. The van der Waals surface area contributed by atoms with Crippen LogP contribution in [0.15, 0.2) is 30.3 Å². The van der Waals surface area contributed by atoms with Gasteiger partial charge < -0.3 is 9.69 Å². The van der Waals surface area contributed by atoms with Gasteiger partial charge in [-0.25, -0.2) is 0 Å². The number of anilines is 1. The van der Waals surface area contributed by atoms with Crippen LogP contribution >= 0.6 is 0 Å². The number of hydrogen-bond donors (Lipinski definition) is 0. The van der Waals surface area contributed by atoms with Crippen molar-refractivity contribution in [1.82, 2.24) is 0 Å². The van der Waals surface area contributed by atoms with Crippen molar-refractivity contribution in [3.63, 3.8) is 0 Å². The Morgan fingerprint density at radius 2 is 2.23 bits per heavy atom. The van der Waals surface area contributed by atoms with Crippen molar-refractivity contribution in [2.75, 3.05) is 18.0 Å². The van der Waals surface area contributed by atoms with Crippen molar-refractivity contribution in [2.45, 2.75) is 0 Å². The van der Waals surface area contributed by atoms with Crippen molar-refractivity contribution < 1.29 is 4.79 Å². The average Bonchev–Trinajstić information content (AvgIpc) is 2.19. The summed E-state index contributed by atoms with van der Waals surface area (Å²) in [6.45, 7) is 1.30. The Bertz CT molecular complexity index is 344. The summed E-state index contributed by atoms with van der Waals surface area (Å²) < 4.78 is 0. The lowest BCUT2D eigenvalue weighted by molar-refractivity contribution is -0.106. The van der Waals surface area contributed by atoms with Crippen molar-refractivity contribution in [3.8, 4) is 0 Å². The van der Waals surface area contributed by atoms with Gasteiger partial charge in [-0.3, -0.25) is 0 Å². The number of hydrogen-bond acceptors (Lipinski definition) is 2. The Morgan fingerprint density at radius 3 is 3.08 bits per heavy atom. The second-order valence-corrected chi connectivity index (χ2v) is 3.03. The Morgan fingerprint density at radius 1 is 1.38 bits per heavy atom. The van der Waals surface area contributed by atoms with Gasteiger partial charge in [-0.05, 0) is 11.6 Å². The predicted molar refractivity (Wildman–Crippen MR) is 53.8 cm³/mol. The van der Waals surface area contributed by atoms with E-state index in [2.05, 4.69) is 23.1 Å². The molecule has 0 aliphatic carbocycles. The molecule has 1 aromatic carbocycles. The number of carbonyl (C=O) groups excluding carboxylic acids is 1. The molecule has 0 saturated carbocycles. The molecule has 0 saturated heterocycles. The summed E-state index contributed by atoms with van der Waals surface area (Å²) in [6.07, 6.45) is 5.11. The molecule has 2 heteroatoms. The second-order valence-electron chi connectivity index (χ2n) is 3.03. The Hall–Kier alpha value is -1.57. The Balaban J connectivity index is 2.37. The zero-order valence-electron chi connectivity index (χ0n) is 7.31. The molecule has 0 amide bonds. The van der Waals surface area contributed by atoms with E-state index >= 15 is 0 Å². The molecule has 0 atom stereocenters. The van der Waals surface area contributed by atoms with Gasteiger partial charge in [0.25, 0.3) is 0 Å². The molecule has 1 aliphatic rings. The molecule has 1 heterocycles. The van der Waals surface area contributed by atoms with Crippen LogP contribution in [0.2, 0.25) is 0 Å². The van der Waals surface area contributed by atoms with Crippen LogP contribution < -0.4 is 4.90 Å². The topological polar surface area (TPSA) is 20.3 Å². The van der Waals surface area contributed by atoms with Crippen LogP contribution in [-0.2, 0) is 4.79 Å². The van der Waals surface area contributed by atoms with E-state index in [-0.39, 0.29) is 0 Å². The first kappa shape index (κ1) is 8.05. The first-order chi connectivity index (χ1) is 6.42. The van der Waals surface area contributed by atoms with E-state index in [4.69, 9.17) is 0 Å². The van der Waals surface area contributed by atoms with Crippen molar-refractivity contribution >= 4 is 18.0 Å². The molecule has 0 fully saturated rings. The molecule has 2 nitrogen and oxygen atoms in total. The third-order valence-corrected chi connectivity index (χ3v) is 2.20. The lowest BCUT2D eigenvalue weighted by Gasteiger charge is -2.25. The fraction of sp³-hybridized carbons (Fsp3) is 0.182. The molecular formula is C11H11NO. The number of fused-ring (bicyclic) bond motifs is 1. The number of aldehydes is 1. The van der Waals surface area contributed by atoms with E-state index in [1.165, 1.54) is 5.56 Å². The highest BCUT2D eigenvalue weighted by Gasteiger charge is 2.10. The van der Waals surface area contributed by atoms with E-state index < -0.39 is 0 Å². The molecule has 0 bridgehead atoms. The van der Waals surface area contributed by atoms with E-state index in [9.17, 15) is 4.79 Å². The monoisotopic (exact) mass is 173 g/mol. The van der Waals surface area contributed by atoms with Gasteiger partial charge in [0.15, 0.2) is 0 Å². The van der Waals surface area contributed by atoms with Gasteiger partial charge >= 0.3 is 0 Å².